The first-order chi connectivity index (χ1) is 19.6. The second-order valence-corrected chi connectivity index (χ2v) is 15.4. The van der Waals surface area contributed by atoms with Crippen molar-refractivity contribution in [1.82, 2.24) is 0 Å². The van der Waals surface area contributed by atoms with Crippen molar-refractivity contribution in [2.24, 2.45) is 46.3 Å². The molecule has 0 bridgehead atoms. The van der Waals surface area contributed by atoms with E-state index in [9.17, 15) is 30.0 Å². The first-order valence-corrected chi connectivity index (χ1v) is 16.3. The first kappa shape index (κ1) is 31.3. The standard InChI is InChI=1S/C36H52O6/c1-20(2)29(37)14-8-21(3)26-12-13-27-24-11-9-23-19-36(42,18-17-34(23,5)28(24)15-16-35(26,27)6)31-25(32(38)39)10-7-22(4)30(31)33(40)41/h7,9-10,20-21,24,26-29,37,42H,8,11-19H2,1-6H3,(H,38,39)(H,40,41)/t21-,24?,26-,27?,28?,29?,34+,35-,36?/m1/s1. The maximum absolute atomic E-state index is 12.3. The van der Waals surface area contributed by atoms with E-state index in [0.29, 0.717) is 52.9 Å². The van der Waals surface area contributed by atoms with Crippen LogP contribution in [0.2, 0.25) is 0 Å². The van der Waals surface area contributed by atoms with Crippen LogP contribution in [0.1, 0.15) is 131 Å². The topological polar surface area (TPSA) is 115 Å². The average Bonchev–Trinajstić information content (AvgIpc) is 3.28. The van der Waals surface area contributed by atoms with E-state index in [2.05, 4.69) is 40.7 Å². The molecular formula is C36H52O6. The normalized spacial score (nSPS) is 37.3. The van der Waals surface area contributed by atoms with Crippen molar-refractivity contribution >= 4 is 11.9 Å². The Kier molecular flexibility index (Phi) is 8.24. The maximum atomic E-state index is 12.3. The van der Waals surface area contributed by atoms with Gasteiger partial charge >= 0.3 is 11.9 Å². The molecule has 3 fully saturated rings. The number of carboxylic acids is 2. The number of rotatable bonds is 8. The first-order valence-electron chi connectivity index (χ1n) is 16.3. The molecule has 4 N–H and O–H groups in total. The van der Waals surface area contributed by atoms with E-state index >= 15 is 0 Å². The van der Waals surface area contributed by atoms with E-state index in [-0.39, 0.29) is 34.6 Å². The van der Waals surface area contributed by atoms with E-state index in [1.165, 1.54) is 37.0 Å². The number of aromatic carboxylic acids is 2. The summed E-state index contributed by atoms with van der Waals surface area (Å²) in [7, 11) is 0. The highest BCUT2D eigenvalue weighted by Crippen LogP contribution is 2.68. The summed E-state index contributed by atoms with van der Waals surface area (Å²) < 4.78 is 0. The van der Waals surface area contributed by atoms with E-state index < -0.39 is 17.5 Å². The van der Waals surface area contributed by atoms with Gasteiger partial charge in [0.25, 0.3) is 0 Å². The molecule has 0 spiro atoms. The lowest BCUT2D eigenvalue weighted by atomic mass is 9.46. The van der Waals surface area contributed by atoms with Gasteiger partial charge in [0.05, 0.1) is 22.8 Å². The number of benzene rings is 1. The molecule has 5 rings (SSSR count). The van der Waals surface area contributed by atoms with Crippen LogP contribution in [0.15, 0.2) is 23.8 Å². The van der Waals surface area contributed by atoms with Gasteiger partial charge in [-0.15, -0.1) is 0 Å². The van der Waals surface area contributed by atoms with Gasteiger partial charge in [-0.05, 0) is 123 Å². The summed E-state index contributed by atoms with van der Waals surface area (Å²) in [5.74, 6) is 0.973. The van der Waals surface area contributed by atoms with E-state index in [4.69, 9.17) is 0 Å². The summed E-state index contributed by atoms with van der Waals surface area (Å²) in [5.41, 5.74) is 0.252. The molecule has 6 nitrogen and oxygen atoms in total. The number of hydrogen-bond acceptors (Lipinski definition) is 4. The van der Waals surface area contributed by atoms with Crippen LogP contribution in [0.3, 0.4) is 0 Å². The second-order valence-electron chi connectivity index (χ2n) is 15.4. The molecule has 0 aromatic heterocycles. The minimum absolute atomic E-state index is 0.0685. The Hall–Kier alpha value is -2.18. The fourth-order valence-corrected chi connectivity index (χ4v) is 10.4. The Balaban J connectivity index is 1.41. The molecule has 4 aliphatic carbocycles. The van der Waals surface area contributed by atoms with Crippen LogP contribution in [-0.2, 0) is 5.60 Å². The van der Waals surface area contributed by atoms with Gasteiger partial charge in [-0.2, -0.15) is 0 Å². The number of carboxylic acid groups (broad SMARTS) is 2. The highest BCUT2D eigenvalue weighted by Gasteiger charge is 2.60. The lowest BCUT2D eigenvalue weighted by Crippen LogP contribution is -2.52. The SMILES string of the molecule is Cc1ccc(C(=O)O)c(C2(O)CC[C@@]3(C)C(=CCC4C3CC[C@@]3(C)C4CC[C@@H]3[C@H](C)CCC(O)C(C)C)C2)c1C(=O)O. The fourth-order valence-electron chi connectivity index (χ4n) is 10.4. The summed E-state index contributed by atoms with van der Waals surface area (Å²) in [6.07, 6.45) is 11.3. The smallest absolute Gasteiger partial charge is 0.336 e. The van der Waals surface area contributed by atoms with Gasteiger partial charge < -0.3 is 20.4 Å². The number of carbonyl (C=O) groups is 2. The molecular weight excluding hydrogens is 528 g/mol. The summed E-state index contributed by atoms with van der Waals surface area (Å²) in [5, 5.41) is 42.6. The molecule has 0 amide bonds. The highest BCUT2D eigenvalue weighted by molar-refractivity contribution is 5.98. The molecule has 42 heavy (non-hydrogen) atoms. The minimum atomic E-state index is -1.52. The lowest BCUT2D eigenvalue weighted by molar-refractivity contribution is -0.0774. The lowest BCUT2D eigenvalue weighted by Gasteiger charge is -2.59. The molecule has 1 aromatic carbocycles. The molecule has 1 aromatic rings. The van der Waals surface area contributed by atoms with Gasteiger partial charge in [0, 0.05) is 12.0 Å². The van der Waals surface area contributed by atoms with Crippen LogP contribution in [0.5, 0.6) is 0 Å². The molecule has 3 saturated carbocycles. The third kappa shape index (κ3) is 4.95. The molecule has 5 unspecified atom stereocenters. The van der Waals surface area contributed by atoms with E-state index in [1.807, 2.05) is 0 Å². The largest absolute Gasteiger partial charge is 0.478 e. The van der Waals surface area contributed by atoms with Gasteiger partial charge in [0.15, 0.2) is 0 Å². The zero-order valence-electron chi connectivity index (χ0n) is 26.4. The van der Waals surface area contributed by atoms with Crippen molar-refractivity contribution in [1.29, 1.82) is 0 Å². The fraction of sp³-hybridized carbons (Fsp3) is 0.722. The van der Waals surface area contributed by atoms with Gasteiger partial charge in [-0.3, -0.25) is 0 Å². The molecule has 0 aliphatic heterocycles. The Morgan fingerprint density at radius 1 is 0.952 bits per heavy atom. The van der Waals surface area contributed by atoms with E-state index in [1.54, 1.807) is 6.92 Å². The highest BCUT2D eigenvalue weighted by atomic mass is 16.4. The van der Waals surface area contributed by atoms with Gasteiger partial charge in [0.1, 0.15) is 0 Å². The molecule has 0 heterocycles. The summed E-state index contributed by atoms with van der Waals surface area (Å²) in [4.78, 5) is 24.5. The van der Waals surface area contributed by atoms with Crippen molar-refractivity contribution in [2.45, 2.75) is 117 Å². The monoisotopic (exact) mass is 580 g/mol. The summed E-state index contributed by atoms with van der Waals surface area (Å²) >= 11 is 0. The van der Waals surface area contributed by atoms with Crippen LogP contribution in [0.25, 0.3) is 0 Å². The van der Waals surface area contributed by atoms with Crippen molar-refractivity contribution < 1.29 is 30.0 Å². The maximum Gasteiger partial charge on any atom is 0.336 e. The number of aliphatic hydroxyl groups is 2. The van der Waals surface area contributed by atoms with Crippen LogP contribution < -0.4 is 0 Å². The predicted octanol–water partition coefficient (Wildman–Crippen LogP) is 7.59. The van der Waals surface area contributed by atoms with Crippen LogP contribution >= 0.6 is 0 Å². The summed E-state index contributed by atoms with van der Waals surface area (Å²) in [6.45, 7) is 13.2. The van der Waals surface area contributed by atoms with Crippen LogP contribution in [0.4, 0.5) is 0 Å². The number of aliphatic hydroxyl groups excluding tert-OH is 1. The van der Waals surface area contributed by atoms with Gasteiger partial charge in [-0.1, -0.05) is 52.3 Å². The molecule has 0 saturated heterocycles. The number of hydrogen-bond donors (Lipinski definition) is 4. The Labute approximate surface area is 251 Å². The van der Waals surface area contributed by atoms with Crippen molar-refractivity contribution in [3.05, 3.63) is 46.0 Å². The third-order valence-corrected chi connectivity index (χ3v) is 12.9. The van der Waals surface area contributed by atoms with Gasteiger partial charge in [0.2, 0.25) is 0 Å². The Morgan fingerprint density at radius 3 is 2.31 bits per heavy atom. The second kappa shape index (κ2) is 11.1. The Morgan fingerprint density at radius 2 is 1.67 bits per heavy atom. The minimum Gasteiger partial charge on any atom is -0.478 e. The number of fused-ring (bicyclic) bond motifs is 5. The average molecular weight is 581 g/mol. The third-order valence-electron chi connectivity index (χ3n) is 12.9. The predicted molar refractivity (Wildman–Crippen MR) is 163 cm³/mol. The van der Waals surface area contributed by atoms with Crippen molar-refractivity contribution in [3.63, 3.8) is 0 Å². The zero-order valence-corrected chi connectivity index (χ0v) is 26.4. The Bertz CT molecular complexity index is 1270. The molecule has 4 aliphatic rings. The van der Waals surface area contributed by atoms with Crippen molar-refractivity contribution in [2.75, 3.05) is 0 Å². The number of aryl methyl sites for hydroxylation is 1. The number of allylic oxidation sites excluding steroid dienone is 1. The van der Waals surface area contributed by atoms with Crippen LogP contribution in [-0.4, -0.2) is 38.5 Å². The van der Waals surface area contributed by atoms with Gasteiger partial charge in [-0.25, -0.2) is 9.59 Å². The van der Waals surface area contributed by atoms with Crippen molar-refractivity contribution in [3.8, 4) is 0 Å². The zero-order chi connectivity index (χ0) is 30.8. The van der Waals surface area contributed by atoms with E-state index in [0.717, 1.165) is 32.1 Å². The quantitative estimate of drug-likeness (QED) is 0.236. The molecule has 9 atom stereocenters. The van der Waals surface area contributed by atoms with Crippen LogP contribution in [0, 0.1) is 53.3 Å². The molecule has 232 valence electrons. The summed E-state index contributed by atoms with van der Waals surface area (Å²) in [6, 6.07) is 2.97. The molecule has 0 radical (unpaired) electrons. The molecule has 6 heteroatoms.